The molecule has 0 amide bonds. The molecule has 0 aliphatic heterocycles. The van der Waals surface area contributed by atoms with Crippen LogP contribution in [0.1, 0.15) is 11.1 Å². The SMILES string of the molecule is Cc1ccc(C)c(Oc2cc[c]nn2)c1. The van der Waals surface area contributed by atoms with E-state index in [2.05, 4.69) is 16.4 Å². The zero-order valence-electron chi connectivity index (χ0n) is 8.69. The molecule has 1 aromatic carbocycles. The van der Waals surface area contributed by atoms with Crippen LogP contribution in [0.5, 0.6) is 11.6 Å². The van der Waals surface area contributed by atoms with Crippen molar-refractivity contribution in [1.29, 1.82) is 0 Å². The fraction of sp³-hybridized carbons (Fsp3) is 0.167. The molecule has 0 aliphatic rings. The third-order valence-corrected chi connectivity index (χ3v) is 2.06. The molecular formula is C12H11N2O. The van der Waals surface area contributed by atoms with Crippen molar-refractivity contribution in [3.8, 4) is 11.6 Å². The zero-order chi connectivity index (χ0) is 10.7. The third kappa shape index (κ3) is 2.31. The highest BCUT2D eigenvalue weighted by Crippen LogP contribution is 2.23. The lowest BCUT2D eigenvalue weighted by Gasteiger charge is -2.07. The average Bonchev–Trinajstić information content (AvgIpc) is 2.25. The van der Waals surface area contributed by atoms with Crippen molar-refractivity contribution in [2.45, 2.75) is 13.8 Å². The Labute approximate surface area is 88.7 Å². The van der Waals surface area contributed by atoms with E-state index in [1.807, 2.05) is 32.0 Å². The predicted octanol–water partition coefficient (Wildman–Crippen LogP) is 2.69. The van der Waals surface area contributed by atoms with Crippen LogP contribution in [0.3, 0.4) is 0 Å². The van der Waals surface area contributed by atoms with Crippen LogP contribution in [0.25, 0.3) is 0 Å². The van der Waals surface area contributed by atoms with Crippen LogP contribution >= 0.6 is 0 Å². The number of aryl methyl sites for hydroxylation is 2. The van der Waals surface area contributed by atoms with Gasteiger partial charge >= 0.3 is 0 Å². The number of hydrogen-bond donors (Lipinski definition) is 0. The van der Waals surface area contributed by atoms with Crippen LogP contribution in [-0.2, 0) is 0 Å². The molecule has 2 aromatic rings. The number of hydrogen-bond acceptors (Lipinski definition) is 3. The molecule has 0 aliphatic carbocycles. The van der Waals surface area contributed by atoms with E-state index in [1.54, 1.807) is 12.1 Å². The summed E-state index contributed by atoms with van der Waals surface area (Å²) in [5, 5.41) is 7.45. The van der Waals surface area contributed by atoms with Gasteiger partial charge in [-0.15, -0.1) is 10.2 Å². The second-order valence-corrected chi connectivity index (χ2v) is 3.37. The predicted molar refractivity (Wildman–Crippen MR) is 56.9 cm³/mol. The molecule has 0 N–H and O–H groups in total. The van der Waals surface area contributed by atoms with E-state index < -0.39 is 0 Å². The van der Waals surface area contributed by atoms with E-state index in [1.165, 1.54) is 0 Å². The molecule has 1 radical (unpaired) electrons. The molecule has 0 fully saturated rings. The fourth-order valence-corrected chi connectivity index (χ4v) is 1.24. The van der Waals surface area contributed by atoms with Gasteiger partial charge in [-0.3, -0.25) is 0 Å². The minimum Gasteiger partial charge on any atom is -0.437 e. The Morgan fingerprint density at radius 1 is 1.20 bits per heavy atom. The molecule has 1 aromatic heterocycles. The average molecular weight is 199 g/mol. The van der Waals surface area contributed by atoms with Gasteiger partial charge in [-0.25, -0.2) is 0 Å². The molecule has 0 unspecified atom stereocenters. The minimum atomic E-state index is 0.488. The Morgan fingerprint density at radius 3 is 2.80 bits per heavy atom. The van der Waals surface area contributed by atoms with Crippen LogP contribution in [-0.4, -0.2) is 10.2 Å². The Kier molecular flexibility index (Phi) is 2.63. The Bertz CT molecular complexity index is 454. The van der Waals surface area contributed by atoms with Gasteiger partial charge in [0.1, 0.15) is 11.9 Å². The van der Waals surface area contributed by atoms with E-state index in [0.717, 1.165) is 16.9 Å². The van der Waals surface area contributed by atoms with E-state index >= 15 is 0 Å². The van der Waals surface area contributed by atoms with E-state index in [9.17, 15) is 0 Å². The second kappa shape index (κ2) is 4.09. The molecule has 0 atom stereocenters. The van der Waals surface area contributed by atoms with Crippen LogP contribution in [0.2, 0.25) is 0 Å². The van der Waals surface area contributed by atoms with Gasteiger partial charge in [0.05, 0.1) is 0 Å². The summed E-state index contributed by atoms with van der Waals surface area (Å²) in [5.74, 6) is 1.30. The summed E-state index contributed by atoms with van der Waals surface area (Å²) in [4.78, 5) is 0. The van der Waals surface area contributed by atoms with Gasteiger partial charge in [-0.1, -0.05) is 12.1 Å². The molecular weight excluding hydrogens is 188 g/mol. The van der Waals surface area contributed by atoms with Crippen molar-refractivity contribution in [3.05, 3.63) is 47.7 Å². The summed E-state index contributed by atoms with van der Waals surface area (Å²) >= 11 is 0. The molecule has 15 heavy (non-hydrogen) atoms. The Hall–Kier alpha value is -1.90. The van der Waals surface area contributed by atoms with Crippen molar-refractivity contribution in [2.24, 2.45) is 0 Å². The lowest BCUT2D eigenvalue weighted by atomic mass is 10.1. The van der Waals surface area contributed by atoms with Gasteiger partial charge in [-0.05, 0) is 37.1 Å². The maximum Gasteiger partial charge on any atom is 0.238 e. The standard InChI is InChI=1S/C12H11N2O/c1-9-5-6-10(2)11(8-9)15-12-4-3-7-13-14-12/h3-6,8H,1-2H3. The monoisotopic (exact) mass is 199 g/mol. The summed E-state index contributed by atoms with van der Waals surface area (Å²) in [6.45, 7) is 4.02. The van der Waals surface area contributed by atoms with Crippen LogP contribution in [0.15, 0.2) is 30.3 Å². The fourth-order valence-electron chi connectivity index (χ4n) is 1.24. The third-order valence-electron chi connectivity index (χ3n) is 2.06. The van der Waals surface area contributed by atoms with Gasteiger partial charge in [0.25, 0.3) is 0 Å². The van der Waals surface area contributed by atoms with Gasteiger partial charge in [0.2, 0.25) is 5.88 Å². The van der Waals surface area contributed by atoms with Gasteiger partial charge in [0.15, 0.2) is 0 Å². The van der Waals surface area contributed by atoms with Gasteiger partial charge in [-0.2, -0.15) is 0 Å². The van der Waals surface area contributed by atoms with E-state index in [4.69, 9.17) is 4.74 Å². The normalized spacial score (nSPS) is 10.0. The first-order chi connectivity index (χ1) is 7.25. The summed E-state index contributed by atoms with van der Waals surface area (Å²) in [6.07, 6.45) is 2.60. The van der Waals surface area contributed by atoms with Crippen molar-refractivity contribution < 1.29 is 4.74 Å². The molecule has 0 saturated heterocycles. The summed E-state index contributed by atoms with van der Waals surface area (Å²) < 4.78 is 5.60. The lowest BCUT2D eigenvalue weighted by Crippen LogP contribution is -1.91. The summed E-state index contributed by atoms with van der Waals surface area (Å²) in [5.41, 5.74) is 2.24. The molecule has 3 nitrogen and oxygen atoms in total. The maximum atomic E-state index is 5.60. The van der Waals surface area contributed by atoms with Crippen LogP contribution in [0.4, 0.5) is 0 Å². The Morgan fingerprint density at radius 2 is 2.07 bits per heavy atom. The highest BCUT2D eigenvalue weighted by Gasteiger charge is 2.02. The van der Waals surface area contributed by atoms with Crippen molar-refractivity contribution in [3.63, 3.8) is 0 Å². The van der Waals surface area contributed by atoms with Gasteiger partial charge in [0, 0.05) is 6.07 Å². The Balaban J connectivity index is 2.28. The molecule has 2 rings (SSSR count). The topological polar surface area (TPSA) is 35.0 Å². The van der Waals surface area contributed by atoms with E-state index in [-0.39, 0.29) is 0 Å². The van der Waals surface area contributed by atoms with E-state index in [0.29, 0.717) is 5.88 Å². The number of benzene rings is 1. The molecule has 75 valence electrons. The quantitative estimate of drug-likeness (QED) is 0.745. The van der Waals surface area contributed by atoms with Crippen LogP contribution in [0, 0.1) is 20.0 Å². The number of ether oxygens (including phenoxy) is 1. The second-order valence-electron chi connectivity index (χ2n) is 3.37. The van der Waals surface area contributed by atoms with Crippen molar-refractivity contribution in [1.82, 2.24) is 10.2 Å². The number of nitrogens with zero attached hydrogens (tertiary/aromatic N) is 2. The van der Waals surface area contributed by atoms with Crippen molar-refractivity contribution in [2.75, 3.05) is 0 Å². The molecule has 3 heteroatoms. The van der Waals surface area contributed by atoms with Crippen LogP contribution < -0.4 is 4.74 Å². The smallest absolute Gasteiger partial charge is 0.238 e. The molecule has 0 saturated carbocycles. The first kappa shape index (κ1) is 9.65. The highest BCUT2D eigenvalue weighted by atomic mass is 16.5. The van der Waals surface area contributed by atoms with Crippen molar-refractivity contribution >= 4 is 0 Å². The first-order valence-corrected chi connectivity index (χ1v) is 4.70. The number of aromatic nitrogens is 2. The molecule has 1 heterocycles. The zero-order valence-corrected chi connectivity index (χ0v) is 8.69. The first-order valence-electron chi connectivity index (χ1n) is 4.70. The summed E-state index contributed by atoms with van der Waals surface area (Å²) in [7, 11) is 0. The van der Waals surface area contributed by atoms with Gasteiger partial charge < -0.3 is 4.74 Å². The summed E-state index contributed by atoms with van der Waals surface area (Å²) in [6, 6.07) is 9.45. The number of rotatable bonds is 2. The minimum absolute atomic E-state index is 0.488. The molecule has 0 bridgehead atoms. The maximum absolute atomic E-state index is 5.60. The molecule has 0 spiro atoms. The lowest BCUT2D eigenvalue weighted by molar-refractivity contribution is 0.451. The highest BCUT2D eigenvalue weighted by molar-refractivity contribution is 5.38. The largest absolute Gasteiger partial charge is 0.437 e.